The third-order valence-corrected chi connectivity index (χ3v) is 1.05. The monoisotopic (exact) mass is 186 g/mol. The summed E-state index contributed by atoms with van der Waals surface area (Å²) < 4.78 is 43.7. The van der Waals surface area contributed by atoms with Gasteiger partial charge in [-0.25, -0.2) is 0 Å². The highest BCUT2D eigenvalue weighted by atomic mass is 19.4. The van der Waals surface area contributed by atoms with Crippen molar-refractivity contribution in [2.24, 2.45) is 0 Å². The van der Waals surface area contributed by atoms with Crippen molar-refractivity contribution in [2.45, 2.75) is 19.5 Å². The van der Waals surface area contributed by atoms with Gasteiger partial charge >= 0.3 is 6.18 Å². The number of ether oxygens (including phenoxy) is 2. The standard InChI is InChI=1S/C7H13F3O2/c1-2-11-4-3-5-12-6-7(8,9)10/h2-6H2,1H3. The summed E-state index contributed by atoms with van der Waals surface area (Å²) in [6.45, 7) is 1.79. The second-order valence-corrected chi connectivity index (χ2v) is 2.22. The molecule has 0 saturated heterocycles. The topological polar surface area (TPSA) is 18.5 Å². The Hall–Kier alpha value is -0.290. The first-order valence-corrected chi connectivity index (χ1v) is 3.78. The Morgan fingerprint density at radius 2 is 1.67 bits per heavy atom. The molecule has 0 radical (unpaired) electrons. The molecule has 0 atom stereocenters. The Balaban J connectivity index is 3.01. The van der Waals surface area contributed by atoms with Gasteiger partial charge in [0, 0.05) is 19.8 Å². The largest absolute Gasteiger partial charge is 0.411 e. The Labute approximate surface area is 69.7 Å². The van der Waals surface area contributed by atoms with E-state index in [0.717, 1.165) is 0 Å². The van der Waals surface area contributed by atoms with E-state index in [1.807, 2.05) is 6.92 Å². The van der Waals surface area contributed by atoms with Crippen LogP contribution in [-0.2, 0) is 9.47 Å². The van der Waals surface area contributed by atoms with Gasteiger partial charge in [0.1, 0.15) is 6.61 Å². The van der Waals surface area contributed by atoms with Gasteiger partial charge in [-0.15, -0.1) is 0 Å². The van der Waals surface area contributed by atoms with Crippen LogP contribution in [0.25, 0.3) is 0 Å². The van der Waals surface area contributed by atoms with Gasteiger partial charge in [-0.1, -0.05) is 0 Å². The lowest BCUT2D eigenvalue weighted by Crippen LogP contribution is -2.17. The van der Waals surface area contributed by atoms with E-state index < -0.39 is 12.8 Å². The van der Waals surface area contributed by atoms with Crippen LogP contribution < -0.4 is 0 Å². The highest BCUT2D eigenvalue weighted by molar-refractivity contribution is 4.45. The van der Waals surface area contributed by atoms with Crippen molar-refractivity contribution in [3.8, 4) is 0 Å². The van der Waals surface area contributed by atoms with Crippen LogP contribution in [0.3, 0.4) is 0 Å². The van der Waals surface area contributed by atoms with E-state index in [2.05, 4.69) is 4.74 Å². The zero-order valence-electron chi connectivity index (χ0n) is 6.99. The van der Waals surface area contributed by atoms with E-state index in [1.165, 1.54) is 0 Å². The van der Waals surface area contributed by atoms with Gasteiger partial charge < -0.3 is 9.47 Å². The molecular weight excluding hydrogens is 173 g/mol. The lowest BCUT2D eigenvalue weighted by molar-refractivity contribution is -0.174. The molecule has 0 aliphatic rings. The molecule has 12 heavy (non-hydrogen) atoms. The molecule has 0 amide bonds. The van der Waals surface area contributed by atoms with E-state index in [4.69, 9.17) is 4.74 Å². The van der Waals surface area contributed by atoms with Crippen molar-refractivity contribution in [3.63, 3.8) is 0 Å². The number of hydrogen-bond donors (Lipinski definition) is 0. The van der Waals surface area contributed by atoms with Crippen molar-refractivity contribution in [1.82, 2.24) is 0 Å². The smallest absolute Gasteiger partial charge is 0.382 e. The molecule has 0 unspecified atom stereocenters. The van der Waals surface area contributed by atoms with E-state index >= 15 is 0 Å². The number of rotatable bonds is 6. The fourth-order valence-corrected chi connectivity index (χ4v) is 0.595. The molecule has 0 aliphatic heterocycles. The first-order valence-electron chi connectivity index (χ1n) is 3.78. The molecule has 2 nitrogen and oxygen atoms in total. The van der Waals surface area contributed by atoms with E-state index in [0.29, 0.717) is 19.6 Å². The van der Waals surface area contributed by atoms with Crippen molar-refractivity contribution < 1.29 is 22.6 Å². The lowest BCUT2D eigenvalue weighted by Gasteiger charge is -2.06. The maximum Gasteiger partial charge on any atom is 0.411 e. The first-order chi connectivity index (χ1) is 5.56. The number of alkyl halides is 3. The predicted molar refractivity (Wildman–Crippen MR) is 38.0 cm³/mol. The molecule has 0 rings (SSSR count). The van der Waals surface area contributed by atoms with Gasteiger partial charge in [0.25, 0.3) is 0 Å². The second-order valence-electron chi connectivity index (χ2n) is 2.22. The summed E-state index contributed by atoms with van der Waals surface area (Å²) in [4.78, 5) is 0. The van der Waals surface area contributed by atoms with Gasteiger partial charge in [-0.3, -0.25) is 0 Å². The summed E-state index contributed by atoms with van der Waals surface area (Å²) in [5.41, 5.74) is 0. The summed E-state index contributed by atoms with van der Waals surface area (Å²) >= 11 is 0. The lowest BCUT2D eigenvalue weighted by atomic mass is 10.5. The summed E-state index contributed by atoms with van der Waals surface area (Å²) in [7, 11) is 0. The van der Waals surface area contributed by atoms with Crippen LogP contribution in [0.2, 0.25) is 0 Å². The molecule has 0 heterocycles. The van der Waals surface area contributed by atoms with E-state index in [9.17, 15) is 13.2 Å². The van der Waals surface area contributed by atoms with Crippen molar-refractivity contribution in [3.05, 3.63) is 0 Å². The molecule has 0 aromatic carbocycles. The van der Waals surface area contributed by atoms with Gasteiger partial charge in [0.05, 0.1) is 0 Å². The molecule has 0 aromatic rings. The van der Waals surface area contributed by atoms with Crippen LogP contribution in [-0.4, -0.2) is 32.6 Å². The van der Waals surface area contributed by atoms with Gasteiger partial charge in [0.15, 0.2) is 0 Å². The summed E-state index contributed by atoms with van der Waals surface area (Å²) in [5, 5.41) is 0. The minimum Gasteiger partial charge on any atom is -0.382 e. The molecule has 0 N–H and O–H groups in total. The normalized spacial score (nSPS) is 12.0. The number of halogens is 3. The van der Waals surface area contributed by atoms with Crippen molar-refractivity contribution in [2.75, 3.05) is 26.4 Å². The predicted octanol–water partition coefficient (Wildman–Crippen LogP) is 1.99. The average molecular weight is 186 g/mol. The molecular formula is C7H13F3O2. The molecule has 0 spiro atoms. The van der Waals surface area contributed by atoms with Gasteiger partial charge in [-0.05, 0) is 13.3 Å². The Bertz CT molecular complexity index is 103. The summed E-state index contributed by atoms with van der Waals surface area (Å²) in [5.74, 6) is 0. The van der Waals surface area contributed by atoms with Crippen LogP contribution in [0.4, 0.5) is 13.2 Å². The zero-order chi connectivity index (χ0) is 9.45. The third kappa shape index (κ3) is 9.71. The van der Waals surface area contributed by atoms with Gasteiger partial charge in [-0.2, -0.15) is 13.2 Å². The highest BCUT2D eigenvalue weighted by Gasteiger charge is 2.26. The molecule has 5 heteroatoms. The molecule has 0 fully saturated rings. The maximum absolute atomic E-state index is 11.5. The first kappa shape index (κ1) is 11.7. The van der Waals surface area contributed by atoms with Crippen molar-refractivity contribution in [1.29, 1.82) is 0 Å². The fourth-order valence-electron chi connectivity index (χ4n) is 0.595. The second kappa shape index (κ2) is 6.25. The average Bonchev–Trinajstić information content (AvgIpc) is 1.94. The van der Waals surface area contributed by atoms with E-state index in [1.54, 1.807) is 0 Å². The quantitative estimate of drug-likeness (QED) is 0.590. The van der Waals surface area contributed by atoms with Crippen molar-refractivity contribution >= 4 is 0 Å². The Kier molecular flexibility index (Phi) is 6.10. The molecule has 0 aliphatic carbocycles. The van der Waals surface area contributed by atoms with Crippen LogP contribution in [0.1, 0.15) is 13.3 Å². The van der Waals surface area contributed by atoms with Crippen LogP contribution in [0, 0.1) is 0 Å². The molecule has 74 valence electrons. The maximum atomic E-state index is 11.5. The highest BCUT2D eigenvalue weighted by Crippen LogP contribution is 2.14. The summed E-state index contributed by atoms with van der Waals surface area (Å²) in [6, 6.07) is 0. The fraction of sp³-hybridized carbons (Fsp3) is 1.00. The Morgan fingerprint density at radius 3 is 2.17 bits per heavy atom. The van der Waals surface area contributed by atoms with Crippen LogP contribution in [0.5, 0.6) is 0 Å². The van der Waals surface area contributed by atoms with Crippen LogP contribution in [0.15, 0.2) is 0 Å². The van der Waals surface area contributed by atoms with Crippen LogP contribution >= 0.6 is 0 Å². The molecule has 0 aromatic heterocycles. The van der Waals surface area contributed by atoms with E-state index in [-0.39, 0.29) is 6.61 Å². The zero-order valence-corrected chi connectivity index (χ0v) is 6.99. The summed E-state index contributed by atoms with van der Waals surface area (Å²) in [6.07, 6.45) is -3.71. The SMILES string of the molecule is CCOCCCOCC(F)(F)F. The minimum absolute atomic E-state index is 0.0967. The Morgan fingerprint density at radius 1 is 1.08 bits per heavy atom. The molecule has 0 saturated carbocycles. The number of hydrogen-bond acceptors (Lipinski definition) is 2. The minimum atomic E-state index is -4.22. The molecule has 0 bridgehead atoms. The third-order valence-electron chi connectivity index (χ3n) is 1.05. The van der Waals surface area contributed by atoms with Gasteiger partial charge in [0.2, 0.25) is 0 Å².